The predicted molar refractivity (Wildman–Crippen MR) is 128 cm³/mol. The Morgan fingerprint density at radius 2 is 1.42 bits per heavy atom. The molecule has 1 aromatic heterocycles. The Kier molecular flexibility index (Phi) is 6.18. The van der Waals surface area contributed by atoms with E-state index in [1.165, 1.54) is 0 Å². The van der Waals surface area contributed by atoms with Gasteiger partial charge < -0.3 is 14.4 Å². The number of rotatable bonds is 3. The van der Waals surface area contributed by atoms with Crippen molar-refractivity contribution in [2.75, 3.05) is 26.2 Å². The van der Waals surface area contributed by atoms with Gasteiger partial charge in [0.2, 0.25) is 0 Å². The van der Waals surface area contributed by atoms with Crippen LogP contribution in [0.1, 0.15) is 45.8 Å². The Bertz CT molecular complexity index is 1150. The van der Waals surface area contributed by atoms with Crippen molar-refractivity contribution in [1.29, 1.82) is 0 Å². The van der Waals surface area contributed by atoms with Gasteiger partial charge in [-0.05, 0) is 43.5 Å². The average molecular weight is 463 g/mol. The summed E-state index contributed by atoms with van der Waals surface area (Å²) in [7, 11) is 0. The van der Waals surface area contributed by atoms with Gasteiger partial charge in [-0.2, -0.15) is 0 Å². The van der Waals surface area contributed by atoms with Gasteiger partial charge in [-0.25, -0.2) is 4.98 Å². The predicted octanol–water partition coefficient (Wildman–Crippen LogP) is 4.53. The smallest absolute Gasteiger partial charge is 0.274 e. The zero-order chi connectivity index (χ0) is 22.8. The SMILES string of the molecule is O=C(c1ccc(Cl)cc1)N1CCN(C(=O)c2nc(-c3ccccc3)n3c2CCCCC3)CC1. The van der Waals surface area contributed by atoms with Crippen LogP contribution < -0.4 is 0 Å². The fourth-order valence-corrected chi connectivity index (χ4v) is 4.86. The number of imidazole rings is 1. The second-order valence-electron chi connectivity index (χ2n) is 8.65. The Balaban J connectivity index is 1.34. The van der Waals surface area contributed by atoms with E-state index in [4.69, 9.17) is 16.6 Å². The number of piperazine rings is 1. The number of fused-ring (bicyclic) bond motifs is 1. The summed E-state index contributed by atoms with van der Waals surface area (Å²) in [5.74, 6) is 0.829. The maximum atomic E-state index is 13.5. The molecular formula is C26H27ClN4O2. The number of aromatic nitrogens is 2. The second kappa shape index (κ2) is 9.40. The molecule has 33 heavy (non-hydrogen) atoms. The van der Waals surface area contributed by atoms with Crippen LogP contribution in [0.2, 0.25) is 5.02 Å². The van der Waals surface area contributed by atoms with Crippen molar-refractivity contribution >= 4 is 23.4 Å². The number of nitrogens with zero attached hydrogens (tertiary/aromatic N) is 4. The molecule has 0 unspecified atom stereocenters. The van der Waals surface area contributed by atoms with Crippen molar-refractivity contribution in [2.24, 2.45) is 0 Å². The number of halogens is 1. The van der Waals surface area contributed by atoms with Crippen LogP contribution in [0.15, 0.2) is 54.6 Å². The lowest BCUT2D eigenvalue weighted by Gasteiger charge is -2.34. The van der Waals surface area contributed by atoms with Crippen LogP contribution in [0.3, 0.4) is 0 Å². The summed E-state index contributed by atoms with van der Waals surface area (Å²) in [6.45, 7) is 2.92. The third-order valence-corrected chi connectivity index (χ3v) is 6.80. The zero-order valence-electron chi connectivity index (χ0n) is 18.5. The van der Waals surface area contributed by atoms with E-state index in [-0.39, 0.29) is 11.8 Å². The molecule has 3 heterocycles. The molecule has 7 heteroatoms. The molecule has 2 amide bonds. The average Bonchev–Trinajstić information content (AvgIpc) is 3.04. The first-order valence-corrected chi connectivity index (χ1v) is 12.0. The minimum Gasteiger partial charge on any atom is -0.335 e. The minimum atomic E-state index is -0.0269. The lowest BCUT2D eigenvalue weighted by atomic mass is 10.1. The maximum Gasteiger partial charge on any atom is 0.274 e. The zero-order valence-corrected chi connectivity index (χ0v) is 19.3. The van der Waals surface area contributed by atoms with Crippen LogP contribution in [0.4, 0.5) is 0 Å². The lowest BCUT2D eigenvalue weighted by molar-refractivity contribution is 0.0532. The quantitative estimate of drug-likeness (QED) is 0.574. The Morgan fingerprint density at radius 1 is 0.758 bits per heavy atom. The molecule has 2 aliphatic heterocycles. The molecule has 0 atom stereocenters. The maximum absolute atomic E-state index is 13.5. The summed E-state index contributed by atoms with van der Waals surface area (Å²) in [4.78, 5) is 34.9. The number of hydrogen-bond acceptors (Lipinski definition) is 3. The lowest BCUT2D eigenvalue weighted by Crippen LogP contribution is -2.50. The highest BCUT2D eigenvalue weighted by Crippen LogP contribution is 2.28. The van der Waals surface area contributed by atoms with Crippen molar-refractivity contribution in [1.82, 2.24) is 19.4 Å². The molecule has 2 aliphatic rings. The molecule has 0 saturated carbocycles. The van der Waals surface area contributed by atoms with Crippen molar-refractivity contribution in [3.63, 3.8) is 0 Å². The molecule has 0 bridgehead atoms. The van der Waals surface area contributed by atoms with Crippen LogP contribution in [-0.2, 0) is 13.0 Å². The van der Waals surface area contributed by atoms with Gasteiger partial charge in [0.25, 0.3) is 11.8 Å². The first-order chi connectivity index (χ1) is 16.1. The van der Waals surface area contributed by atoms with E-state index in [1.54, 1.807) is 29.2 Å². The van der Waals surface area contributed by atoms with E-state index in [0.29, 0.717) is 42.5 Å². The van der Waals surface area contributed by atoms with E-state index in [2.05, 4.69) is 16.7 Å². The van der Waals surface area contributed by atoms with Gasteiger partial charge >= 0.3 is 0 Å². The van der Waals surface area contributed by atoms with Gasteiger partial charge in [0.05, 0.1) is 5.69 Å². The van der Waals surface area contributed by atoms with E-state index < -0.39 is 0 Å². The number of carbonyl (C=O) groups is 2. The summed E-state index contributed by atoms with van der Waals surface area (Å²) in [5.41, 5.74) is 3.29. The summed E-state index contributed by atoms with van der Waals surface area (Å²) < 4.78 is 2.25. The van der Waals surface area contributed by atoms with E-state index in [0.717, 1.165) is 49.3 Å². The normalized spacial score (nSPS) is 16.3. The fraction of sp³-hybridized carbons (Fsp3) is 0.346. The van der Waals surface area contributed by atoms with Gasteiger partial charge in [-0.1, -0.05) is 48.4 Å². The molecular weight excluding hydrogens is 436 g/mol. The summed E-state index contributed by atoms with van der Waals surface area (Å²) in [6, 6.07) is 17.0. The topological polar surface area (TPSA) is 58.4 Å². The highest BCUT2D eigenvalue weighted by molar-refractivity contribution is 6.30. The van der Waals surface area contributed by atoms with Crippen molar-refractivity contribution < 1.29 is 9.59 Å². The molecule has 0 spiro atoms. The molecule has 1 fully saturated rings. The Hall–Kier alpha value is -3.12. The van der Waals surface area contributed by atoms with Crippen LogP contribution >= 0.6 is 11.6 Å². The van der Waals surface area contributed by atoms with Gasteiger partial charge in [0.15, 0.2) is 0 Å². The highest BCUT2D eigenvalue weighted by Gasteiger charge is 2.30. The summed E-state index contributed by atoms with van der Waals surface area (Å²) >= 11 is 5.94. The van der Waals surface area contributed by atoms with Gasteiger partial charge in [-0.15, -0.1) is 0 Å². The standard InChI is InChI=1S/C26H27ClN4O2/c27-21-12-10-20(11-13-21)25(32)29-15-17-30(18-16-29)26(33)23-22-9-5-2-6-14-31(22)24(28-23)19-7-3-1-4-8-19/h1,3-4,7-8,10-13H,2,5-6,9,14-18H2. The van der Waals surface area contributed by atoms with Crippen molar-refractivity contribution in [3.05, 3.63) is 76.6 Å². The van der Waals surface area contributed by atoms with Crippen LogP contribution in [0.25, 0.3) is 11.4 Å². The molecule has 3 aromatic rings. The largest absolute Gasteiger partial charge is 0.335 e. The first kappa shape index (κ1) is 21.7. The third kappa shape index (κ3) is 4.40. The number of benzene rings is 2. The van der Waals surface area contributed by atoms with Crippen LogP contribution in [-0.4, -0.2) is 57.3 Å². The molecule has 5 rings (SSSR count). The molecule has 1 saturated heterocycles. The number of amides is 2. The molecule has 2 aromatic carbocycles. The molecule has 170 valence electrons. The van der Waals surface area contributed by atoms with Crippen LogP contribution in [0.5, 0.6) is 0 Å². The molecule has 6 nitrogen and oxygen atoms in total. The Morgan fingerprint density at radius 3 is 2.12 bits per heavy atom. The molecule has 0 radical (unpaired) electrons. The van der Waals surface area contributed by atoms with Crippen LogP contribution in [0, 0.1) is 0 Å². The molecule has 0 aliphatic carbocycles. The van der Waals surface area contributed by atoms with E-state index >= 15 is 0 Å². The van der Waals surface area contributed by atoms with Gasteiger partial charge in [0, 0.05) is 48.9 Å². The monoisotopic (exact) mass is 462 g/mol. The molecule has 0 N–H and O–H groups in total. The second-order valence-corrected chi connectivity index (χ2v) is 9.09. The van der Waals surface area contributed by atoms with Gasteiger partial charge in [-0.3, -0.25) is 9.59 Å². The Labute approximate surface area is 198 Å². The van der Waals surface area contributed by atoms with Gasteiger partial charge in [0.1, 0.15) is 11.5 Å². The first-order valence-electron chi connectivity index (χ1n) is 11.6. The van der Waals surface area contributed by atoms with Crippen molar-refractivity contribution in [2.45, 2.75) is 32.2 Å². The fourth-order valence-electron chi connectivity index (χ4n) is 4.74. The number of hydrogen-bond donors (Lipinski definition) is 0. The minimum absolute atomic E-state index is 0.0265. The van der Waals surface area contributed by atoms with E-state index in [9.17, 15) is 9.59 Å². The van der Waals surface area contributed by atoms with E-state index in [1.807, 2.05) is 23.1 Å². The summed E-state index contributed by atoms with van der Waals surface area (Å²) in [6.07, 6.45) is 4.21. The van der Waals surface area contributed by atoms with Crippen molar-refractivity contribution in [3.8, 4) is 11.4 Å². The number of carbonyl (C=O) groups excluding carboxylic acids is 2. The summed E-state index contributed by atoms with van der Waals surface area (Å²) in [5, 5.41) is 0.607. The third-order valence-electron chi connectivity index (χ3n) is 6.55. The highest BCUT2D eigenvalue weighted by atomic mass is 35.5.